The number of hydrogen-bond donors (Lipinski definition) is 0. The third-order valence-electron chi connectivity index (χ3n) is 5.12. The Kier molecular flexibility index (Phi) is 5.11. The van der Waals surface area contributed by atoms with Crippen LogP contribution < -0.4 is 5.56 Å². The summed E-state index contributed by atoms with van der Waals surface area (Å²) in [5.41, 5.74) is 4.33. The smallest absolute Gasteiger partial charge is 0.272 e. The number of thioether (sulfide) groups is 1. The topological polar surface area (TPSA) is 47.8 Å². The summed E-state index contributed by atoms with van der Waals surface area (Å²) in [5, 5.41) is 1.68. The maximum Gasteiger partial charge on any atom is 0.272 e. The van der Waals surface area contributed by atoms with Gasteiger partial charge in [-0.25, -0.2) is 9.97 Å². The molecule has 2 aromatic carbocycles. The maximum atomic E-state index is 13.5. The first-order valence-electron chi connectivity index (χ1n) is 9.70. The third-order valence-corrected chi connectivity index (χ3v) is 7.24. The van der Waals surface area contributed by atoms with Crippen LogP contribution in [0.1, 0.15) is 16.7 Å². The summed E-state index contributed by atoms with van der Waals surface area (Å²) in [7, 11) is 0. The maximum absolute atomic E-state index is 13.5. The van der Waals surface area contributed by atoms with Gasteiger partial charge in [-0.2, -0.15) is 0 Å². The molecule has 0 bridgehead atoms. The molecule has 5 rings (SSSR count). The highest BCUT2D eigenvalue weighted by atomic mass is 32.2. The highest BCUT2D eigenvalue weighted by molar-refractivity contribution is 7.98. The van der Waals surface area contributed by atoms with Gasteiger partial charge in [0.2, 0.25) is 0 Å². The predicted molar refractivity (Wildman–Crippen MR) is 125 cm³/mol. The number of benzene rings is 2. The summed E-state index contributed by atoms with van der Waals surface area (Å²) in [6, 6.07) is 22.3. The molecule has 4 nitrogen and oxygen atoms in total. The van der Waals surface area contributed by atoms with E-state index in [1.54, 1.807) is 22.5 Å². The van der Waals surface area contributed by atoms with Crippen LogP contribution in [0.3, 0.4) is 0 Å². The van der Waals surface area contributed by atoms with Gasteiger partial charge in [-0.3, -0.25) is 9.36 Å². The number of nitrogens with zero attached hydrogens (tertiary/aromatic N) is 3. The summed E-state index contributed by atoms with van der Waals surface area (Å²) in [6.45, 7) is 2.61. The lowest BCUT2D eigenvalue weighted by atomic mass is 10.1. The summed E-state index contributed by atoms with van der Waals surface area (Å²) in [5.74, 6) is 0.764. The molecular formula is C24H19N3OS2. The van der Waals surface area contributed by atoms with Gasteiger partial charge in [-0.05, 0) is 35.7 Å². The number of hydrogen-bond acceptors (Lipinski definition) is 5. The zero-order valence-electron chi connectivity index (χ0n) is 16.4. The molecular weight excluding hydrogens is 410 g/mol. The van der Waals surface area contributed by atoms with Crippen molar-refractivity contribution in [3.8, 4) is 0 Å². The second-order valence-electron chi connectivity index (χ2n) is 7.12. The Balaban J connectivity index is 1.65. The van der Waals surface area contributed by atoms with E-state index in [0.29, 0.717) is 11.2 Å². The van der Waals surface area contributed by atoms with Crippen molar-refractivity contribution in [2.45, 2.75) is 24.4 Å². The quantitative estimate of drug-likeness (QED) is 0.267. The fourth-order valence-electron chi connectivity index (χ4n) is 3.47. The van der Waals surface area contributed by atoms with E-state index in [1.165, 1.54) is 22.5 Å². The first-order chi connectivity index (χ1) is 14.7. The van der Waals surface area contributed by atoms with Crippen LogP contribution in [0.15, 0.2) is 82.9 Å². The molecule has 0 unspecified atom stereocenters. The summed E-state index contributed by atoms with van der Waals surface area (Å²) in [4.78, 5) is 23.7. The van der Waals surface area contributed by atoms with Crippen molar-refractivity contribution < 1.29 is 0 Å². The SMILES string of the molecule is Cc1ccccc1CSc1nc2c(sc3ncccc32)c(=O)n1Cc1ccccc1. The van der Waals surface area contributed by atoms with E-state index in [2.05, 4.69) is 30.1 Å². The summed E-state index contributed by atoms with van der Waals surface area (Å²) < 4.78 is 2.47. The van der Waals surface area contributed by atoms with Crippen LogP contribution in [0.5, 0.6) is 0 Å². The van der Waals surface area contributed by atoms with Crippen LogP contribution in [0.25, 0.3) is 20.4 Å². The molecule has 0 amide bonds. The molecule has 0 saturated heterocycles. The Hall–Kier alpha value is -2.96. The van der Waals surface area contributed by atoms with Crippen molar-refractivity contribution in [3.05, 3.63) is 100.0 Å². The number of pyridine rings is 1. The Labute approximate surface area is 182 Å². The highest BCUT2D eigenvalue weighted by Gasteiger charge is 2.17. The Bertz CT molecular complexity index is 1410. The lowest BCUT2D eigenvalue weighted by molar-refractivity contribution is 0.659. The van der Waals surface area contributed by atoms with Gasteiger partial charge in [0, 0.05) is 17.3 Å². The van der Waals surface area contributed by atoms with Crippen LogP contribution >= 0.6 is 23.1 Å². The van der Waals surface area contributed by atoms with Crippen molar-refractivity contribution >= 4 is 43.5 Å². The summed E-state index contributed by atoms with van der Waals surface area (Å²) in [6.07, 6.45) is 1.76. The highest BCUT2D eigenvalue weighted by Crippen LogP contribution is 2.31. The molecule has 3 aromatic heterocycles. The lowest BCUT2D eigenvalue weighted by Gasteiger charge is -2.13. The zero-order valence-corrected chi connectivity index (χ0v) is 18.0. The molecule has 0 atom stereocenters. The second-order valence-corrected chi connectivity index (χ2v) is 9.06. The molecule has 0 aliphatic heterocycles. The monoisotopic (exact) mass is 429 g/mol. The molecule has 3 heterocycles. The summed E-state index contributed by atoms with van der Waals surface area (Å²) >= 11 is 3.03. The van der Waals surface area contributed by atoms with Gasteiger partial charge < -0.3 is 0 Å². The van der Waals surface area contributed by atoms with E-state index < -0.39 is 0 Å². The van der Waals surface area contributed by atoms with E-state index in [-0.39, 0.29) is 5.56 Å². The Morgan fingerprint density at radius 1 is 1.00 bits per heavy atom. The standard InChI is InChI=1S/C24H19N3OS2/c1-16-8-5-6-11-18(16)15-29-24-26-20-19-12-7-13-25-22(19)30-21(20)23(28)27(24)14-17-9-3-2-4-10-17/h2-13H,14-15H2,1H3. The first kappa shape index (κ1) is 19.0. The van der Waals surface area contributed by atoms with Gasteiger partial charge in [-0.15, -0.1) is 11.3 Å². The molecule has 0 saturated carbocycles. The molecule has 0 N–H and O–H groups in total. The molecule has 0 aliphatic carbocycles. The number of fused-ring (bicyclic) bond motifs is 3. The van der Waals surface area contributed by atoms with E-state index in [9.17, 15) is 4.79 Å². The fourth-order valence-corrected chi connectivity index (χ4v) is 5.57. The van der Waals surface area contributed by atoms with Gasteiger partial charge in [0.1, 0.15) is 9.53 Å². The Morgan fingerprint density at radius 3 is 2.63 bits per heavy atom. The van der Waals surface area contributed by atoms with E-state index in [0.717, 1.165) is 32.2 Å². The van der Waals surface area contributed by atoms with Crippen LogP contribution in [0.4, 0.5) is 0 Å². The number of aryl methyl sites for hydroxylation is 1. The molecule has 5 aromatic rings. The largest absolute Gasteiger partial charge is 0.282 e. The van der Waals surface area contributed by atoms with Crippen LogP contribution in [-0.4, -0.2) is 14.5 Å². The van der Waals surface area contributed by atoms with Crippen LogP contribution in [0.2, 0.25) is 0 Å². The number of thiophene rings is 1. The third kappa shape index (κ3) is 3.53. The van der Waals surface area contributed by atoms with Gasteiger partial charge >= 0.3 is 0 Å². The van der Waals surface area contributed by atoms with Crippen molar-refractivity contribution in [2.24, 2.45) is 0 Å². The molecule has 148 valence electrons. The van der Waals surface area contributed by atoms with Crippen LogP contribution in [-0.2, 0) is 12.3 Å². The molecule has 30 heavy (non-hydrogen) atoms. The molecule has 0 radical (unpaired) electrons. The average Bonchev–Trinajstić information content (AvgIpc) is 3.15. The Morgan fingerprint density at radius 2 is 1.80 bits per heavy atom. The van der Waals surface area contributed by atoms with Gasteiger partial charge in [0.15, 0.2) is 5.16 Å². The van der Waals surface area contributed by atoms with Crippen LogP contribution in [0, 0.1) is 6.92 Å². The minimum atomic E-state index is -0.000799. The number of aromatic nitrogens is 3. The van der Waals surface area contributed by atoms with Gasteiger partial charge in [-0.1, -0.05) is 66.4 Å². The first-order valence-corrected chi connectivity index (χ1v) is 11.5. The minimum Gasteiger partial charge on any atom is -0.282 e. The minimum absolute atomic E-state index is 0.000799. The number of rotatable bonds is 5. The van der Waals surface area contributed by atoms with Crippen molar-refractivity contribution in [1.82, 2.24) is 14.5 Å². The van der Waals surface area contributed by atoms with Crippen molar-refractivity contribution in [3.63, 3.8) is 0 Å². The molecule has 0 aliphatic rings. The molecule has 0 spiro atoms. The zero-order chi connectivity index (χ0) is 20.5. The normalized spacial score (nSPS) is 11.4. The molecule has 0 fully saturated rings. The van der Waals surface area contributed by atoms with E-state index in [1.807, 2.05) is 48.5 Å². The second kappa shape index (κ2) is 8.05. The van der Waals surface area contributed by atoms with E-state index >= 15 is 0 Å². The lowest BCUT2D eigenvalue weighted by Crippen LogP contribution is -2.23. The van der Waals surface area contributed by atoms with E-state index in [4.69, 9.17) is 4.98 Å². The van der Waals surface area contributed by atoms with Gasteiger partial charge in [0.05, 0.1) is 12.1 Å². The van der Waals surface area contributed by atoms with Crippen molar-refractivity contribution in [1.29, 1.82) is 0 Å². The van der Waals surface area contributed by atoms with Gasteiger partial charge in [0.25, 0.3) is 5.56 Å². The average molecular weight is 430 g/mol. The predicted octanol–water partition coefficient (Wildman–Crippen LogP) is 5.66. The fraction of sp³-hybridized carbons (Fsp3) is 0.125. The molecule has 6 heteroatoms. The van der Waals surface area contributed by atoms with Crippen molar-refractivity contribution in [2.75, 3.05) is 0 Å².